The summed E-state index contributed by atoms with van der Waals surface area (Å²) in [5.74, 6) is 0. The highest BCUT2D eigenvalue weighted by atomic mass is 32.1. The van der Waals surface area contributed by atoms with Gasteiger partial charge in [-0.2, -0.15) is 0 Å². The van der Waals surface area contributed by atoms with Crippen LogP contribution < -0.4 is 26.2 Å². The van der Waals surface area contributed by atoms with Crippen molar-refractivity contribution < 1.29 is 0 Å². The lowest BCUT2D eigenvalue weighted by atomic mass is 9.33. The smallest absolute Gasteiger partial charge is 0.252 e. The molecule has 0 amide bonds. The van der Waals surface area contributed by atoms with E-state index in [1.807, 2.05) is 11.3 Å². The molecule has 3 heterocycles. The predicted octanol–water partition coefficient (Wildman–Crippen LogP) is 18.7. The number of nitrogens with zero attached hydrogens (tertiary/aromatic N) is 2. The second-order valence-corrected chi connectivity index (χ2v) is 24.2. The molecule has 0 saturated heterocycles. The minimum absolute atomic E-state index is 0.0984. The van der Waals surface area contributed by atoms with Crippen molar-refractivity contribution in [3.63, 3.8) is 0 Å². The van der Waals surface area contributed by atoms with Gasteiger partial charge in [-0.3, -0.25) is 0 Å². The molecule has 76 heavy (non-hydrogen) atoms. The molecule has 0 aliphatic carbocycles. The first kappa shape index (κ1) is 47.8. The summed E-state index contributed by atoms with van der Waals surface area (Å²) < 4.78 is 2.66. The molecular weight excluding hydrogens is 936 g/mol. The van der Waals surface area contributed by atoms with Crippen molar-refractivity contribution in [3.8, 4) is 44.5 Å². The fourth-order valence-corrected chi connectivity index (χ4v) is 13.4. The molecule has 4 heteroatoms. The number of benzene rings is 10. The molecule has 13 rings (SSSR count). The van der Waals surface area contributed by atoms with Crippen LogP contribution in [0.15, 0.2) is 218 Å². The molecule has 0 atom stereocenters. The van der Waals surface area contributed by atoms with E-state index in [0.29, 0.717) is 0 Å². The highest BCUT2D eigenvalue weighted by Gasteiger charge is 2.46. The van der Waals surface area contributed by atoms with E-state index in [1.54, 1.807) is 0 Å². The summed E-state index contributed by atoms with van der Waals surface area (Å²) in [6.07, 6.45) is 3.22. The third-order valence-electron chi connectivity index (χ3n) is 16.1. The standard InChI is InChI=1S/C72H63BN2S/c1-8-9-24-51-35-38-57-56-33-22-23-34-66(56)76-70(57)68(51)74-62-39-36-52(47-25-14-10-15-26-47)41-60(62)73-61-42-53(48-27-16-11-17-28-48)37-40-63(61)75(65-46-55(72(5,6)7)45-64(74)67(65)73)69-58(49-29-18-12-19-30-49)43-54(71(2,3)4)44-59(69)50-31-20-13-21-32-50/h10-23,25-46H,8-9,24H2,1-7H3. The fraction of sp³-hybridized carbons (Fsp3) is 0.167. The van der Waals surface area contributed by atoms with Crippen LogP contribution >= 0.6 is 11.3 Å². The SMILES string of the molecule is CCCCc1ccc2c(sc3ccccc32)c1N1c2ccc(-c3ccccc3)cc2B2c3cc(-c4ccccc4)ccc3N(c3c(-c4ccccc4)cc(C(C)(C)C)cc3-c3ccccc3)c3cc(C(C)(C)C)cc1c32. The predicted molar refractivity (Wildman–Crippen MR) is 331 cm³/mol. The van der Waals surface area contributed by atoms with Gasteiger partial charge in [0.15, 0.2) is 0 Å². The normalized spacial score (nSPS) is 13.0. The van der Waals surface area contributed by atoms with Gasteiger partial charge in [0.05, 0.1) is 16.1 Å². The van der Waals surface area contributed by atoms with Crippen molar-refractivity contribution in [3.05, 3.63) is 235 Å². The molecule has 10 aromatic carbocycles. The van der Waals surface area contributed by atoms with Gasteiger partial charge in [0, 0.05) is 49.3 Å². The van der Waals surface area contributed by atoms with Gasteiger partial charge in [-0.25, -0.2) is 0 Å². The minimum Gasteiger partial charge on any atom is -0.310 e. The topological polar surface area (TPSA) is 6.48 Å². The van der Waals surface area contributed by atoms with Crippen LogP contribution in [-0.4, -0.2) is 6.71 Å². The van der Waals surface area contributed by atoms with Crippen molar-refractivity contribution >= 4 is 88.7 Å². The van der Waals surface area contributed by atoms with E-state index >= 15 is 0 Å². The van der Waals surface area contributed by atoms with E-state index in [4.69, 9.17) is 0 Å². The van der Waals surface area contributed by atoms with E-state index in [1.165, 1.54) is 132 Å². The van der Waals surface area contributed by atoms with E-state index in [0.717, 1.165) is 19.3 Å². The third kappa shape index (κ3) is 8.08. The molecular formula is C72H63BN2S. The summed E-state index contributed by atoms with van der Waals surface area (Å²) in [5, 5.41) is 2.64. The van der Waals surface area contributed by atoms with Gasteiger partial charge in [0.2, 0.25) is 0 Å². The van der Waals surface area contributed by atoms with Gasteiger partial charge >= 0.3 is 0 Å². The molecule has 2 aliphatic heterocycles. The monoisotopic (exact) mass is 998 g/mol. The zero-order valence-corrected chi connectivity index (χ0v) is 45.6. The zero-order valence-electron chi connectivity index (χ0n) is 44.8. The maximum atomic E-state index is 2.74. The maximum absolute atomic E-state index is 2.74. The Balaban J connectivity index is 1.22. The van der Waals surface area contributed by atoms with Crippen LogP contribution in [0.5, 0.6) is 0 Å². The fourth-order valence-electron chi connectivity index (χ4n) is 12.2. The van der Waals surface area contributed by atoms with Crippen LogP contribution in [0.3, 0.4) is 0 Å². The first-order valence-electron chi connectivity index (χ1n) is 27.3. The summed E-state index contributed by atoms with van der Waals surface area (Å²) >= 11 is 1.95. The second-order valence-electron chi connectivity index (χ2n) is 23.1. The Morgan fingerprint density at radius 2 is 0.868 bits per heavy atom. The zero-order chi connectivity index (χ0) is 51.9. The summed E-state index contributed by atoms with van der Waals surface area (Å²) in [7, 11) is 0. The highest BCUT2D eigenvalue weighted by molar-refractivity contribution is 7.26. The number of hydrogen-bond acceptors (Lipinski definition) is 3. The van der Waals surface area contributed by atoms with Gasteiger partial charge in [0.25, 0.3) is 6.71 Å². The van der Waals surface area contributed by atoms with Gasteiger partial charge in [0.1, 0.15) is 0 Å². The van der Waals surface area contributed by atoms with E-state index in [-0.39, 0.29) is 17.5 Å². The molecule has 0 bridgehead atoms. The lowest BCUT2D eigenvalue weighted by Crippen LogP contribution is -2.61. The molecule has 0 N–H and O–H groups in total. The number of anilines is 6. The maximum Gasteiger partial charge on any atom is 0.252 e. The Hall–Kier alpha value is -7.92. The molecule has 0 saturated carbocycles. The Kier molecular flexibility index (Phi) is 11.8. The van der Waals surface area contributed by atoms with Crippen LogP contribution in [0.2, 0.25) is 0 Å². The summed E-state index contributed by atoms with van der Waals surface area (Å²) in [6.45, 7) is 16.4. The van der Waals surface area contributed by atoms with Crippen molar-refractivity contribution in [2.75, 3.05) is 9.80 Å². The quantitative estimate of drug-likeness (QED) is 0.133. The molecule has 1 aromatic heterocycles. The first-order chi connectivity index (χ1) is 36.9. The Labute approximate surface area is 454 Å². The van der Waals surface area contributed by atoms with E-state index in [9.17, 15) is 0 Å². The Morgan fingerprint density at radius 3 is 1.37 bits per heavy atom. The number of rotatable bonds is 9. The van der Waals surface area contributed by atoms with Crippen LogP contribution in [0.1, 0.15) is 78.0 Å². The largest absolute Gasteiger partial charge is 0.310 e. The number of fused-ring (bicyclic) bond motifs is 7. The van der Waals surface area contributed by atoms with Gasteiger partial charge in [-0.05, 0) is 133 Å². The number of thiophene rings is 1. The summed E-state index contributed by atoms with van der Waals surface area (Å²) in [4.78, 5) is 5.44. The molecule has 2 aliphatic rings. The van der Waals surface area contributed by atoms with Crippen molar-refractivity contribution in [2.24, 2.45) is 0 Å². The summed E-state index contributed by atoms with van der Waals surface area (Å²) in [5.41, 5.74) is 24.8. The van der Waals surface area contributed by atoms with Crippen molar-refractivity contribution in [2.45, 2.75) is 78.6 Å². The lowest BCUT2D eigenvalue weighted by molar-refractivity contribution is 0.590. The average Bonchev–Trinajstić information content (AvgIpc) is 3.98. The highest BCUT2D eigenvalue weighted by Crippen LogP contribution is 2.54. The lowest BCUT2D eigenvalue weighted by Gasteiger charge is -2.46. The van der Waals surface area contributed by atoms with Gasteiger partial charge in [-0.1, -0.05) is 231 Å². The van der Waals surface area contributed by atoms with Crippen molar-refractivity contribution in [1.29, 1.82) is 0 Å². The number of aryl methyl sites for hydroxylation is 1. The van der Waals surface area contributed by atoms with Crippen molar-refractivity contribution in [1.82, 2.24) is 0 Å². The van der Waals surface area contributed by atoms with Crippen LogP contribution in [0.25, 0.3) is 64.7 Å². The molecule has 0 fully saturated rings. The Bertz CT molecular complexity index is 3930. The van der Waals surface area contributed by atoms with E-state index in [2.05, 4.69) is 277 Å². The number of hydrogen-bond donors (Lipinski definition) is 0. The molecule has 0 radical (unpaired) electrons. The van der Waals surface area contributed by atoms with Crippen LogP contribution in [-0.2, 0) is 17.3 Å². The molecule has 2 nitrogen and oxygen atoms in total. The molecule has 0 unspecified atom stereocenters. The molecule has 370 valence electrons. The summed E-state index contributed by atoms with van der Waals surface area (Å²) in [6, 6.07) is 83.0. The third-order valence-corrected chi connectivity index (χ3v) is 17.3. The first-order valence-corrected chi connectivity index (χ1v) is 28.2. The average molecular weight is 999 g/mol. The van der Waals surface area contributed by atoms with Crippen LogP contribution in [0, 0.1) is 0 Å². The second kappa shape index (κ2) is 18.7. The Morgan fingerprint density at radius 1 is 0.408 bits per heavy atom. The van der Waals surface area contributed by atoms with Gasteiger partial charge < -0.3 is 9.80 Å². The van der Waals surface area contributed by atoms with Gasteiger partial charge in [-0.15, -0.1) is 11.3 Å². The van der Waals surface area contributed by atoms with Crippen LogP contribution in [0.4, 0.5) is 34.1 Å². The van der Waals surface area contributed by atoms with E-state index < -0.39 is 0 Å². The molecule has 0 spiro atoms. The minimum atomic E-state index is -0.192. The molecule has 11 aromatic rings. The number of unbranched alkanes of at least 4 members (excludes halogenated alkanes) is 1.